The van der Waals surface area contributed by atoms with Crippen LogP contribution in [0, 0.1) is 0 Å². The summed E-state index contributed by atoms with van der Waals surface area (Å²) in [5, 5.41) is 3.56. The lowest BCUT2D eigenvalue weighted by atomic mass is 9.95. The molecular weight excluding hydrogens is 454 g/mol. The first-order valence-electron chi connectivity index (χ1n) is 9.38. The lowest BCUT2D eigenvalue weighted by Crippen LogP contribution is -2.28. The summed E-state index contributed by atoms with van der Waals surface area (Å²) in [5.41, 5.74) is 2.14. The number of hydrogen-bond donors (Lipinski definition) is 1. The fourth-order valence-corrected chi connectivity index (χ4v) is 5.10. The van der Waals surface area contributed by atoms with Gasteiger partial charge in [0.1, 0.15) is 10.8 Å². The van der Waals surface area contributed by atoms with Crippen LogP contribution in [0.3, 0.4) is 0 Å². The predicted molar refractivity (Wildman–Crippen MR) is 115 cm³/mol. The lowest BCUT2D eigenvalue weighted by Gasteiger charge is -2.19. The van der Waals surface area contributed by atoms with Gasteiger partial charge in [-0.15, -0.1) is 11.3 Å². The second-order valence-corrected chi connectivity index (χ2v) is 8.86. The van der Waals surface area contributed by atoms with Gasteiger partial charge in [-0.05, 0) is 71.4 Å². The molecule has 0 bridgehead atoms. The number of rotatable bonds is 5. The summed E-state index contributed by atoms with van der Waals surface area (Å²) in [4.78, 5) is 32.8. The van der Waals surface area contributed by atoms with Crippen LogP contribution in [0.1, 0.15) is 49.8 Å². The van der Waals surface area contributed by atoms with E-state index in [9.17, 15) is 9.59 Å². The molecule has 3 aromatic heterocycles. The quantitative estimate of drug-likeness (QED) is 0.571. The monoisotopic (exact) mass is 473 g/mol. The third-order valence-electron chi connectivity index (χ3n) is 4.90. The van der Waals surface area contributed by atoms with Gasteiger partial charge in [-0.1, -0.05) is 0 Å². The fourth-order valence-electron chi connectivity index (χ4n) is 3.49. The summed E-state index contributed by atoms with van der Waals surface area (Å²) in [5.74, 6) is 0.319. The Labute approximate surface area is 181 Å². The third kappa shape index (κ3) is 4.28. The summed E-state index contributed by atoms with van der Waals surface area (Å²) < 4.78 is 6.17. The van der Waals surface area contributed by atoms with Crippen LogP contribution >= 0.6 is 27.3 Å². The van der Waals surface area contributed by atoms with Gasteiger partial charge in [0.25, 0.3) is 11.8 Å². The van der Waals surface area contributed by atoms with Gasteiger partial charge >= 0.3 is 0 Å². The molecule has 1 aliphatic carbocycles. The molecule has 4 rings (SSSR count). The summed E-state index contributed by atoms with van der Waals surface area (Å²) >= 11 is 4.80. The first kappa shape index (κ1) is 19.8. The van der Waals surface area contributed by atoms with Gasteiger partial charge in [0.15, 0.2) is 4.67 Å². The van der Waals surface area contributed by atoms with Crippen LogP contribution < -0.4 is 5.32 Å². The van der Waals surface area contributed by atoms with Crippen molar-refractivity contribution in [1.82, 2.24) is 9.88 Å². The van der Waals surface area contributed by atoms with Crippen molar-refractivity contribution in [2.75, 3.05) is 12.4 Å². The Hall–Kier alpha value is -2.45. The fraction of sp³-hybridized carbons (Fsp3) is 0.286. The van der Waals surface area contributed by atoms with Gasteiger partial charge in [0, 0.05) is 24.3 Å². The number of hydrogen-bond acceptors (Lipinski definition) is 5. The molecule has 6 nitrogen and oxygen atoms in total. The maximum atomic E-state index is 13.3. The molecule has 0 atom stereocenters. The van der Waals surface area contributed by atoms with Crippen LogP contribution in [0.2, 0.25) is 0 Å². The molecule has 3 aromatic rings. The minimum atomic E-state index is -0.261. The van der Waals surface area contributed by atoms with Crippen molar-refractivity contribution in [3.05, 3.63) is 68.7 Å². The summed E-state index contributed by atoms with van der Waals surface area (Å²) in [6.07, 6.45) is 7.10. The highest BCUT2D eigenvalue weighted by atomic mass is 79.9. The van der Waals surface area contributed by atoms with Crippen LogP contribution in [0.25, 0.3) is 0 Å². The van der Waals surface area contributed by atoms with Gasteiger partial charge in [-0.2, -0.15) is 0 Å². The molecule has 0 radical (unpaired) electrons. The Morgan fingerprint density at radius 1 is 1.28 bits per heavy atom. The maximum Gasteiger partial charge on any atom is 0.257 e. The number of amides is 2. The summed E-state index contributed by atoms with van der Waals surface area (Å²) in [6.45, 7) is 0.352. The number of pyridine rings is 1. The highest BCUT2D eigenvalue weighted by molar-refractivity contribution is 9.10. The number of fused-ring (bicyclic) bond motifs is 1. The van der Waals surface area contributed by atoms with Crippen LogP contribution in [-0.4, -0.2) is 28.7 Å². The normalized spacial score (nSPS) is 13.0. The number of aromatic nitrogens is 1. The zero-order valence-electron chi connectivity index (χ0n) is 15.9. The van der Waals surface area contributed by atoms with Crippen molar-refractivity contribution in [3.8, 4) is 0 Å². The number of thiophene rings is 1. The molecule has 0 aromatic carbocycles. The van der Waals surface area contributed by atoms with E-state index in [0.717, 1.165) is 31.2 Å². The van der Waals surface area contributed by atoms with Crippen molar-refractivity contribution >= 4 is 44.1 Å². The smallest absolute Gasteiger partial charge is 0.257 e. The standard InChI is InChI=1S/C21H20BrN3O3S/c1-25(12-14-8-9-17(22)28-14)21(27)18-15-6-2-3-7-16(15)29-20(18)24-19(26)13-5-4-10-23-11-13/h4-5,8-11H,2-3,6-7,12H2,1H3,(H,24,26). The van der Waals surface area contributed by atoms with Crippen molar-refractivity contribution < 1.29 is 14.0 Å². The summed E-state index contributed by atoms with van der Waals surface area (Å²) in [6, 6.07) is 7.07. The Morgan fingerprint density at radius 2 is 2.10 bits per heavy atom. The number of halogens is 1. The van der Waals surface area contributed by atoms with Crippen molar-refractivity contribution in [1.29, 1.82) is 0 Å². The Morgan fingerprint density at radius 3 is 2.83 bits per heavy atom. The molecule has 0 saturated carbocycles. The van der Waals surface area contributed by atoms with E-state index >= 15 is 0 Å². The van der Waals surface area contributed by atoms with E-state index in [2.05, 4.69) is 26.2 Å². The first-order valence-corrected chi connectivity index (χ1v) is 11.0. The second kappa shape index (κ2) is 8.51. The maximum absolute atomic E-state index is 13.3. The van der Waals surface area contributed by atoms with E-state index in [0.29, 0.717) is 33.1 Å². The SMILES string of the molecule is CN(Cc1ccc(Br)o1)C(=O)c1c(NC(=O)c2cccnc2)sc2c1CCCC2. The Bertz CT molecular complexity index is 1040. The zero-order valence-corrected chi connectivity index (χ0v) is 18.3. The molecule has 8 heteroatoms. The third-order valence-corrected chi connectivity index (χ3v) is 6.54. The van der Waals surface area contributed by atoms with Gasteiger partial charge < -0.3 is 14.6 Å². The molecule has 1 N–H and O–H groups in total. The molecule has 0 fully saturated rings. The lowest BCUT2D eigenvalue weighted by molar-refractivity contribution is 0.0775. The molecule has 150 valence electrons. The Balaban J connectivity index is 1.63. The van der Waals surface area contributed by atoms with E-state index in [-0.39, 0.29) is 11.8 Å². The van der Waals surface area contributed by atoms with Crippen molar-refractivity contribution in [2.24, 2.45) is 0 Å². The van der Waals surface area contributed by atoms with Crippen LogP contribution in [0.5, 0.6) is 0 Å². The minimum Gasteiger partial charge on any atom is -0.452 e. The van der Waals surface area contributed by atoms with E-state index in [1.807, 2.05) is 6.07 Å². The average Bonchev–Trinajstić information content (AvgIpc) is 3.30. The highest BCUT2D eigenvalue weighted by Crippen LogP contribution is 2.39. The molecule has 0 saturated heterocycles. The van der Waals surface area contributed by atoms with Crippen molar-refractivity contribution in [3.63, 3.8) is 0 Å². The number of aryl methyl sites for hydroxylation is 1. The van der Waals surface area contributed by atoms with Crippen LogP contribution in [0.15, 0.2) is 45.7 Å². The van der Waals surface area contributed by atoms with E-state index in [1.54, 1.807) is 36.3 Å². The minimum absolute atomic E-state index is 0.113. The molecule has 0 spiro atoms. The molecule has 2 amide bonds. The number of anilines is 1. The average molecular weight is 474 g/mol. The van der Waals surface area contributed by atoms with E-state index in [4.69, 9.17) is 4.42 Å². The van der Waals surface area contributed by atoms with Gasteiger partial charge in [-0.3, -0.25) is 14.6 Å². The second-order valence-electron chi connectivity index (χ2n) is 6.98. The Kier molecular flexibility index (Phi) is 5.82. The molecule has 1 aliphatic rings. The molecule has 0 unspecified atom stereocenters. The van der Waals surface area contributed by atoms with E-state index < -0.39 is 0 Å². The van der Waals surface area contributed by atoms with Gasteiger partial charge in [-0.25, -0.2) is 0 Å². The largest absolute Gasteiger partial charge is 0.452 e. The van der Waals surface area contributed by atoms with Gasteiger partial charge in [0.2, 0.25) is 0 Å². The zero-order chi connectivity index (χ0) is 20.4. The van der Waals surface area contributed by atoms with Crippen LogP contribution in [-0.2, 0) is 19.4 Å². The topological polar surface area (TPSA) is 75.4 Å². The van der Waals surface area contributed by atoms with E-state index in [1.165, 1.54) is 22.4 Å². The number of nitrogens with one attached hydrogen (secondary N) is 1. The summed E-state index contributed by atoms with van der Waals surface area (Å²) in [7, 11) is 1.75. The van der Waals surface area contributed by atoms with Gasteiger partial charge in [0.05, 0.1) is 17.7 Å². The molecule has 3 heterocycles. The number of carbonyl (C=O) groups is 2. The van der Waals surface area contributed by atoms with Crippen LogP contribution in [0.4, 0.5) is 5.00 Å². The number of nitrogens with zero attached hydrogens (tertiary/aromatic N) is 2. The van der Waals surface area contributed by atoms with Crippen molar-refractivity contribution in [2.45, 2.75) is 32.2 Å². The predicted octanol–water partition coefficient (Wildman–Crippen LogP) is 4.90. The highest BCUT2D eigenvalue weighted by Gasteiger charge is 2.28. The molecule has 0 aliphatic heterocycles. The number of carbonyl (C=O) groups excluding carboxylic acids is 2. The molecule has 29 heavy (non-hydrogen) atoms. The molecular formula is C21H20BrN3O3S. The number of furan rings is 1. The first-order chi connectivity index (χ1) is 14.0.